The lowest BCUT2D eigenvalue weighted by Crippen LogP contribution is -2.29. The van der Waals surface area contributed by atoms with Gasteiger partial charge in [-0.05, 0) is 25.3 Å². The van der Waals surface area contributed by atoms with Crippen LogP contribution in [0.25, 0.3) is 0 Å². The molecule has 1 amide bonds. The van der Waals surface area contributed by atoms with Gasteiger partial charge in [-0.15, -0.1) is 0 Å². The zero-order chi connectivity index (χ0) is 18.3. The van der Waals surface area contributed by atoms with Gasteiger partial charge in [-0.1, -0.05) is 0 Å². The van der Waals surface area contributed by atoms with Crippen LogP contribution in [-0.2, 0) is 41.6 Å². The summed E-state index contributed by atoms with van der Waals surface area (Å²) in [6.07, 6.45) is -1.35. The number of halogens is 3. The molecule has 1 atom stereocenters. The van der Waals surface area contributed by atoms with E-state index in [0.29, 0.717) is 37.4 Å². The maximum Gasteiger partial charge on any atom is 0.435 e. The molecule has 2 N–H and O–H groups in total. The summed E-state index contributed by atoms with van der Waals surface area (Å²) in [5.74, 6) is -0.836. The molecule has 0 saturated carbocycles. The van der Waals surface area contributed by atoms with Crippen LogP contribution in [0.2, 0.25) is 0 Å². The van der Waals surface area contributed by atoms with Gasteiger partial charge in [-0.2, -0.15) is 18.3 Å². The summed E-state index contributed by atoms with van der Waals surface area (Å²) >= 11 is 0. The average molecular weight is 366 g/mol. The second-order valence-corrected chi connectivity index (χ2v) is 6.59. The topological polar surface area (TPSA) is 79.9 Å². The van der Waals surface area contributed by atoms with E-state index in [-0.39, 0.29) is 17.9 Å². The third-order valence-corrected chi connectivity index (χ3v) is 4.85. The number of amides is 1. The largest absolute Gasteiger partial charge is 0.435 e. The number of nitrogens with one attached hydrogen (secondary N) is 2. The first-order valence-electron chi connectivity index (χ1n) is 8.41. The van der Waals surface area contributed by atoms with Gasteiger partial charge in [-0.25, -0.2) is 0 Å². The predicted octanol–water partition coefficient (Wildman–Crippen LogP) is 2.64. The van der Waals surface area contributed by atoms with Gasteiger partial charge < -0.3 is 10.1 Å². The average Bonchev–Trinajstić information content (AvgIpc) is 3.05. The van der Waals surface area contributed by atoms with Gasteiger partial charge >= 0.3 is 6.18 Å². The number of aromatic nitrogens is 3. The number of aryl methyl sites for hydroxylation is 1. The van der Waals surface area contributed by atoms with Crippen molar-refractivity contribution in [3.05, 3.63) is 40.5 Å². The fraction of sp³-hybridized carbons (Fsp3) is 0.471. The monoisotopic (exact) mass is 366 g/mol. The van der Waals surface area contributed by atoms with Crippen LogP contribution in [0.15, 0.2) is 12.3 Å². The van der Waals surface area contributed by atoms with Crippen LogP contribution in [0, 0.1) is 5.92 Å². The van der Waals surface area contributed by atoms with Crippen LogP contribution in [0.3, 0.4) is 0 Å². The Labute approximate surface area is 147 Å². The molecule has 6 nitrogen and oxygen atoms in total. The van der Waals surface area contributed by atoms with E-state index >= 15 is 0 Å². The molecule has 0 aromatic carbocycles. The quantitative estimate of drug-likeness (QED) is 0.856. The number of anilines is 1. The van der Waals surface area contributed by atoms with Crippen LogP contribution in [0.1, 0.15) is 34.6 Å². The van der Waals surface area contributed by atoms with Gasteiger partial charge in [0.2, 0.25) is 5.91 Å². The van der Waals surface area contributed by atoms with E-state index in [1.807, 2.05) is 6.07 Å². The molecule has 0 spiro atoms. The number of nitrogens with zero attached hydrogens (tertiary/aromatic N) is 2. The maximum atomic E-state index is 13.0. The molecule has 1 unspecified atom stereocenters. The van der Waals surface area contributed by atoms with E-state index in [4.69, 9.17) is 4.74 Å². The molecule has 138 valence electrons. The van der Waals surface area contributed by atoms with Crippen LogP contribution in [0.5, 0.6) is 0 Å². The number of hydrogen-bond acceptors (Lipinski definition) is 4. The summed E-state index contributed by atoms with van der Waals surface area (Å²) < 4.78 is 44.5. The van der Waals surface area contributed by atoms with Crippen molar-refractivity contribution in [2.24, 2.45) is 5.92 Å². The van der Waals surface area contributed by atoms with E-state index in [2.05, 4.69) is 20.5 Å². The molecule has 0 saturated heterocycles. The van der Waals surface area contributed by atoms with Crippen LogP contribution < -0.4 is 5.32 Å². The fourth-order valence-corrected chi connectivity index (χ4v) is 3.51. The minimum absolute atomic E-state index is 0.0218. The Bertz CT molecular complexity index is 847. The summed E-state index contributed by atoms with van der Waals surface area (Å²) in [5.41, 5.74) is 2.06. The van der Waals surface area contributed by atoms with Gasteiger partial charge in [0.15, 0.2) is 5.69 Å². The number of rotatable bonds is 2. The van der Waals surface area contributed by atoms with Crippen molar-refractivity contribution < 1.29 is 22.7 Å². The zero-order valence-electron chi connectivity index (χ0n) is 13.8. The van der Waals surface area contributed by atoms with Crippen molar-refractivity contribution in [2.75, 3.05) is 11.9 Å². The number of H-pyrrole nitrogens is 1. The van der Waals surface area contributed by atoms with Gasteiger partial charge in [0, 0.05) is 34.9 Å². The van der Waals surface area contributed by atoms with Crippen LogP contribution >= 0.6 is 0 Å². The Morgan fingerprint density at radius 1 is 1.35 bits per heavy atom. The third kappa shape index (κ3) is 3.18. The predicted molar refractivity (Wildman–Crippen MR) is 85.3 cm³/mol. The molecular formula is C17H17F3N4O2. The summed E-state index contributed by atoms with van der Waals surface area (Å²) in [7, 11) is 0. The summed E-state index contributed by atoms with van der Waals surface area (Å²) in [5, 5.41) is 8.61. The van der Waals surface area contributed by atoms with Crippen molar-refractivity contribution in [1.29, 1.82) is 0 Å². The van der Waals surface area contributed by atoms with E-state index in [1.165, 1.54) is 0 Å². The normalized spacial score (nSPS) is 19.6. The Hall–Kier alpha value is -2.42. The highest BCUT2D eigenvalue weighted by atomic mass is 19.4. The number of fused-ring (bicyclic) bond motifs is 2. The van der Waals surface area contributed by atoms with Crippen LogP contribution in [0.4, 0.5) is 18.9 Å². The lowest BCUT2D eigenvalue weighted by atomic mass is 9.85. The third-order valence-electron chi connectivity index (χ3n) is 4.85. The lowest BCUT2D eigenvalue weighted by Gasteiger charge is -2.22. The molecule has 3 heterocycles. The first kappa shape index (κ1) is 17.0. The highest BCUT2D eigenvalue weighted by molar-refractivity contribution is 5.92. The van der Waals surface area contributed by atoms with Crippen LogP contribution in [-0.4, -0.2) is 27.7 Å². The molecule has 26 heavy (non-hydrogen) atoms. The molecule has 2 aliphatic rings. The number of hydrogen-bond donors (Lipinski definition) is 2. The standard InChI is InChI=1S/C17H17F3N4O2/c18-17(19,20)15-12-6-9(1-2-14(12)23-24-15)16(25)22-11-5-10-8-26-4-3-13(10)21-7-11/h5,7,9H,1-4,6,8H2,(H,22,25)(H,23,24). The zero-order valence-corrected chi connectivity index (χ0v) is 13.8. The Balaban J connectivity index is 1.49. The Morgan fingerprint density at radius 3 is 3.00 bits per heavy atom. The first-order chi connectivity index (χ1) is 12.4. The Kier molecular flexibility index (Phi) is 4.18. The maximum absolute atomic E-state index is 13.0. The molecule has 9 heteroatoms. The molecule has 0 bridgehead atoms. The lowest BCUT2D eigenvalue weighted by molar-refractivity contribution is -0.142. The molecule has 0 radical (unpaired) electrons. The highest BCUT2D eigenvalue weighted by Crippen LogP contribution is 2.36. The SMILES string of the molecule is O=C(Nc1cnc2c(c1)COCC2)C1CCc2[nH]nc(C(F)(F)F)c2C1. The second kappa shape index (κ2) is 6.39. The molecule has 2 aromatic heterocycles. The van der Waals surface area contributed by atoms with E-state index in [9.17, 15) is 18.0 Å². The summed E-state index contributed by atoms with van der Waals surface area (Å²) in [6, 6.07) is 1.81. The number of carbonyl (C=O) groups excluding carboxylic acids is 1. The van der Waals surface area contributed by atoms with Gasteiger partial charge in [0.1, 0.15) is 0 Å². The number of carbonyl (C=O) groups is 1. The van der Waals surface area contributed by atoms with Crippen molar-refractivity contribution >= 4 is 11.6 Å². The van der Waals surface area contributed by atoms with E-state index < -0.39 is 17.8 Å². The highest BCUT2D eigenvalue weighted by Gasteiger charge is 2.40. The smallest absolute Gasteiger partial charge is 0.376 e. The molecule has 4 rings (SSSR count). The minimum atomic E-state index is -4.52. The summed E-state index contributed by atoms with van der Waals surface area (Å²) in [4.78, 5) is 16.9. The molecule has 0 fully saturated rings. The number of pyridine rings is 1. The van der Waals surface area contributed by atoms with Crippen molar-refractivity contribution in [3.63, 3.8) is 0 Å². The minimum Gasteiger partial charge on any atom is -0.376 e. The number of ether oxygens (including phenoxy) is 1. The molecular weight excluding hydrogens is 349 g/mol. The number of aromatic amines is 1. The fourth-order valence-electron chi connectivity index (χ4n) is 3.51. The Morgan fingerprint density at radius 2 is 2.19 bits per heavy atom. The molecule has 1 aliphatic carbocycles. The van der Waals surface area contributed by atoms with Crippen molar-refractivity contribution in [3.8, 4) is 0 Å². The second-order valence-electron chi connectivity index (χ2n) is 6.59. The summed E-state index contributed by atoms with van der Waals surface area (Å²) in [6.45, 7) is 1.07. The van der Waals surface area contributed by atoms with Gasteiger partial charge in [-0.3, -0.25) is 14.9 Å². The van der Waals surface area contributed by atoms with E-state index in [0.717, 1.165) is 17.7 Å². The van der Waals surface area contributed by atoms with Gasteiger partial charge in [0.05, 0.1) is 25.1 Å². The van der Waals surface area contributed by atoms with E-state index in [1.54, 1.807) is 6.20 Å². The van der Waals surface area contributed by atoms with Gasteiger partial charge in [0.25, 0.3) is 0 Å². The first-order valence-corrected chi connectivity index (χ1v) is 8.41. The molecule has 1 aliphatic heterocycles. The van der Waals surface area contributed by atoms with Crippen molar-refractivity contribution in [2.45, 2.75) is 38.5 Å². The number of alkyl halides is 3. The molecule has 2 aromatic rings. The van der Waals surface area contributed by atoms with Crippen molar-refractivity contribution in [1.82, 2.24) is 15.2 Å².